The third kappa shape index (κ3) is 4.24. The first kappa shape index (κ1) is 18.2. The normalized spacial score (nSPS) is 10.6. The van der Waals surface area contributed by atoms with E-state index >= 15 is 0 Å². The van der Waals surface area contributed by atoms with E-state index in [0.717, 1.165) is 5.56 Å². The third-order valence-corrected chi connectivity index (χ3v) is 4.08. The van der Waals surface area contributed by atoms with E-state index in [1.54, 1.807) is 13.0 Å². The lowest BCUT2D eigenvalue weighted by molar-refractivity contribution is 0.0967. The minimum Gasteiger partial charge on any atom is -0.307 e. The van der Waals surface area contributed by atoms with Gasteiger partial charge < -0.3 is 5.32 Å². The average molecular weight is 366 g/mol. The quantitative estimate of drug-likeness (QED) is 0.768. The van der Waals surface area contributed by atoms with Crippen molar-refractivity contribution in [1.29, 1.82) is 0 Å². The number of rotatable bonds is 3. The van der Waals surface area contributed by atoms with Gasteiger partial charge in [-0.1, -0.05) is 55.2 Å². The van der Waals surface area contributed by atoms with Gasteiger partial charge in [-0.25, -0.2) is 9.78 Å². The number of pyridine rings is 1. The Morgan fingerprint density at radius 1 is 1.12 bits per heavy atom. The number of hydrogen-bond donors (Lipinski definition) is 2. The van der Waals surface area contributed by atoms with Crippen LogP contribution in [0, 0.1) is 6.92 Å². The summed E-state index contributed by atoms with van der Waals surface area (Å²) in [4.78, 5) is 28.2. The summed E-state index contributed by atoms with van der Waals surface area (Å²) in [6.45, 7) is 5.73. The molecule has 1 heterocycles. The van der Waals surface area contributed by atoms with Crippen molar-refractivity contribution in [3.63, 3.8) is 0 Å². The molecule has 0 fully saturated rings. The fourth-order valence-electron chi connectivity index (χ4n) is 2.17. The number of aryl methyl sites for hydroxylation is 1. The van der Waals surface area contributed by atoms with Crippen molar-refractivity contribution in [2.75, 3.05) is 5.32 Å². The van der Waals surface area contributed by atoms with Gasteiger partial charge >= 0.3 is 6.03 Å². The number of carbonyl (C=O) groups is 2. The number of anilines is 1. The molecule has 0 spiro atoms. The highest BCUT2D eigenvalue weighted by Crippen LogP contribution is 2.24. The maximum atomic E-state index is 12.2. The minimum absolute atomic E-state index is 0.0570. The molecule has 126 valence electrons. The highest BCUT2D eigenvalue weighted by Gasteiger charge is 2.17. The highest BCUT2D eigenvalue weighted by atomic mass is 35.5. The molecule has 0 atom stereocenters. The van der Waals surface area contributed by atoms with E-state index in [9.17, 15) is 9.59 Å². The molecule has 0 unspecified atom stereocenters. The number of halogens is 2. The number of nitrogens with one attached hydrogen (secondary N) is 2. The zero-order chi connectivity index (χ0) is 17.9. The van der Waals surface area contributed by atoms with Gasteiger partial charge in [0.2, 0.25) is 0 Å². The van der Waals surface area contributed by atoms with Crippen LogP contribution in [0.1, 0.15) is 41.3 Å². The summed E-state index contributed by atoms with van der Waals surface area (Å²) in [5, 5.41) is 5.08. The Bertz CT molecular complexity index is 791. The van der Waals surface area contributed by atoms with Gasteiger partial charge in [-0.15, -0.1) is 0 Å². The molecule has 1 aromatic carbocycles. The second-order valence-electron chi connectivity index (χ2n) is 5.58. The molecule has 2 aromatic rings. The van der Waals surface area contributed by atoms with Crippen LogP contribution in [-0.4, -0.2) is 16.9 Å². The van der Waals surface area contributed by atoms with Crippen LogP contribution in [0.4, 0.5) is 10.5 Å². The SMILES string of the molecule is Cc1cc(C(=O)NC(=O)Nc2ccccc2C(C)C)c(Cl)nc1Cl. The number of imide groups is 1. The largest absolute Gasteiger partial charge is 0.326 e. The Morgan fingerprint density at radius 2 is 1.79 bits per heavy atom. The van der Waals surface area contributed by atoms with E-state index < -0.39 is 11.9 Å². The number of benzene rings is 1. The minimum atomic E-state index is -0.646. The standard InChI is InChI=1S/C17H17Cl2N3O2/c1-9(2)11-6-4-5-7-13(11)20-17(24)22-16(23)12-8-10(3)14(18)21-15(12)19/h4-9H,1-3H3,(H2,20,22,23,24). The van der Waals surface area contributed by atoms with Gasteiger partial charge in [-0.3, -0.25) is 10.1 Å². The van der Waals surface area contributed by atoms with Gasteiger partial charge in [-0.05, 0) is 36.1 Å². The van der Waals surface area contributed by atoms with Crippen LogP contribution in [0.5, 0.6) is 0 Å². The van der Waals surface area contributed by atoms with Crippen LogP contribution >= 0.6 is 23.2 Å². The molecule has 1 aromatic heterocycles. The Kier molecular flexibility index (Phi) is 5.80. The van der Waals surface area contributed by atoms with Crippen LogP contribution in [0.15, 0.2) is 30.3 Å². The number of carbonyl (C=O) groups excluding carboxylic acids is 2. The van der Waals surface area contributed by atoms with Crippen LogP contribution in [0.3, 0.4) is 0 Å². The van der Waals surface area contributed by atoms with Gasteiger partial charge in [0, 0.05) is 5.69 Å². The molecule has 24 heavy (non-hydrogen) atoms. The van der Waals surface area contributed by atoms with E-state index in [1.165, 1.54) is 6.07 Å². The molecule has 0 aliphatic heterocycles. The van der Waals surface area contributed by atoms with Crippen molar-refractivity contribution in [2.24, 2.45) is 0 Å². The van der Waals surface area contributed by atoms with Crippen molar-refractivity contribution in [1.82, 2.24) is 10.3 Å². The second kappa shape index (κ2) is 7.64. The van der Waals surface area contributed by atoms with Crippen LogP contribution in [-0.2, 0) is 0 Å². The highest BCUT2D eigenvalue weighted by molar-refractivity contribution is 6.35. The predicted molar refractivity (Wildman–Crippen MR) is 96.0 cm³/mol. The first-order valence-electron chi connectivity index (χ1n) is 7.33. The van der Waals surface area contributed by atoms with Crippen LogP contribution < -0.4 is 10.6 Å². The van der Waals surface area contributed by atoms with Gasteiger partial charge in [-0.2, -0.15) is 0 Å². The molecule has 0 radical (unpaired) electrons. The summed E-state index contributed by atoms with van der Waals surface area (Å²) in [5.41, 5.74) is 2.30. The Balaban J connectivity index is 2.13. The molecule has 0 aliphatic rings. The van der Waals surface area contributed by atoms with Gasteiger partial charge in [0.05, 0.1) is 5.56 Å². The summed E-state index contributed by atoms with van der Waals surface area (Å²) >= 11 is 11.8. The number of amides is 3. The molecular weight excluding hydrogens is 349 g/mol. The number of urea groups is 1. The lowest BCUT2D eigenvalue weighted by Gasteiger charge is -2.14. The summed E-state index contributed by atoms with van der Waals surface area (Å²) in [6, 6.07) is 8.25. The third-order valence-electron chi connectivity index (χ3n) is 3.41. The molecule has 5 nitrogen and oxygen atoms in total. The monoisotopic (exact) mass is 365 g/mol. The van der Waals surface area contributed by atoms with E-state index in [-0.39, 0.29) is 21.8 Å². The summed E-state index contributed by atoms with van der Waals surface area (Å²) in [6.07, 6.45) is 0. The molecular formula is C17H17Cl2N3O2. The average Bonchev–Trinajstić information content (AvgIpc) is 2.50. The van der Waals surface area contributed by atoms with Crippen molar-refractivity contribution >= 4 is 40.8 Å². The zero-order valence-corrected chi connectivity index (χ0v) is 15.0. The maximum Gasteiger partial charge on any atom is 0.326 e. The molecule has 0 saturated carbocycles. The predicted octanol–water partition coefficient (Wildman–Crippen LogP) is 4.78. The summed E-state index contributed by atoms with van der Waals surface area (Å²) in [5.74, 6) is -0.415. The van der Waals surface area contributed by atoms with E-state index in [0.29, 0.717) is 11.3 Å². The van der Waals surface area contributed by atoms with E-state index in [4.69, 9.17) is 23.2 Å². The lowest BCUT2D eigenvalue weighted by atomic mass is 10.0. The molecule has 0 saturated heterocycles. The maximum absolute atomic E-state index is 12.2. The van der Waals surface area contributed by atoms with Crippen molar-refractivity contribution in [2.45, 2.75) is 26.7 Å². The number of para-hydroxylation sites is 1. The number of aromatic nitrogens is 1. The van der Waals surface area contributed by atoms with Gasteiger partial charge in [0.15, 0.2) is 0 Å². The van der Waals surface area contributed by atoms with Crippen molar-refractivity contribution < 1.29 is 9.59 Å². The van der Waals surface area contributed by atoms with Crippen molar-refractivity contribution in [3.8, 4) is 0 Å². The fraction of sp³-hybridized carbons (Fsp3) is 0.235. The summed E-state index contributed by atoms with van der Waals surface area (Å²) < 4.78 is 0. The number of hydrogen-bond acceptors (Lipinski definition) is 3. The zero-order valence-electron chi connectivity index (χ0n) is 13.5. The van der Waals surface area contributed by atoms with Crippen LogP contribution in [0.25, 0.3) is 0 Å². The lowest BCUT2D eigenvalue weighted by Crippen LogP contribution is -2.35. The smallest absolute Gasteiger partial charge is 0.307 e. The molecule has 0 bridgehead atoms. The Hall–Kier alpha value is -2.11. The first-order chi connectivity index (χ1) is 11.3. The van der Waals surface area contributed by atoms with Gasteiger partial charge in [0.25, 0.3) is 5.91 Å². The summed E-state index contributed by atoms with van der Waals surface area (Å²) in [7, 11) is 0. The van der Waals surface area contributed by atoms with Gasteiger partial charge in [0.1, 0.15) is 10.3 Å². The van der Waals surface area contributed by atoms with Crippen molar-refractivity contribution in [3.05, 3.63) is 57.3 Å². The fourth-order valence-corrected chi connectivity index (χ4v) is 2.57. The van der Waals surface area contributed by atoms with E-state index in [1.807, 2.05) is 32.0 Å². The van der Waals surface area contributed by atoms with Crippen LogP contribution in [0.2, 0.25) is 10.3 Å². The molecule has 3 amide bonds. The molecule has 7 heteroatoms. The molecule has 0 aliphatic carbocycles. The molecule has 2 N–H and O–H groups in total. The van der Waals surface area contributed by atoms with E-state index in [2.05, 4.69) is 15.6 Å². The molecule has 2 rings (SSSR count). The number of nitrogens with zero attached hydrogens (tertiary/aromatic N) is 1. The Morgan fingerprint density at radius 3 is 2.46 bits per heavy atom. The second-order valence-corrected chi connectivity index (χ2v) is 6.30. The first-order valence-corrected chi connectivity index (χ1v) is 8.09. The Labute approximate surface area is 150 Å². The topological polar surface area (TPSA) is 71.1 Å².